The number of ether oxygens (including phenoxy) is 1. The van der Waals surface area contributed by atoms with Crippen molar-refractivity contribution in [3.8, 4) is 6.07 Å². The topological polar surface area (TPSA) is 91.2 Å². The smallest absolute Gasteiger partial charge is 0.337 e. The van der Waals surface area contributed by atoms with Gasteiger partial charge in [0.25, 0.3) is 0 Å². The molecule has 1 aliphatic rings. The van der Waals surface area contributed by atoms with Crippen molar-refractivity contribution in [1.29, 1.82) is 5.26 Å². The summed E-state index contributed by atoms with van der Waals surface area (Å²) in [5.74, 6) is -1.36. The minimum Gasteiger partial charge on any atom is -0.457 e. The molecule has 6 nitrogen and oxygen atoms in total. The molecule has 1 aliphatic heterocycles. The maximum absolute atomic E-state index is 13.4. The van der Waals surface area contributed by atoms with E-state index < -0.39 is 11.9 Å². The van der Waals surface area contributed by atoms with Gasteiger partial charge in [-0.15, -0.1) is 0 Å². The van der Waals surface area contributed by atoms with Crippen LogP contribution >= 0.6 is 23.4 Å². The number of nitrogens with one attached hydrogen (secondary N) is 2. The van der Waals surface area contributed by atoms with E-state index in [1.807, 2.05) is 72.8 Å². The first-order valence-corrected chi connectivity index (χ1v) is 14.3. The van der Waals surface area contributed by atoms with Gasteiger partial charge in [0, 0.05) is 21.8 Å². The Hall–Kier alpha value is -4.51. The van der Waals surface area contributed by atoms with Gasteiger partial charge >= 0.3 is 5.97 Å². The van der Waals surface area contributed by atoms with Gasteiger partial charge in [0.15, 0.2) is 0 Å². The molecule has 8 heteroatoms. The van der Waals surface area contributed by atoms with Crippen molar-refractivity contribution >= 4 is 51.7 Å². The Labute approximate surface area is 247 Å². The van der Waals surface area contributed by atoms with Crippen LogP contribution in [0.1, 0.15) is 24.0 Å². The van der Waals surface area contributed by atoms with Crippen molar-refractivity contribution in [2.45, 2.75) is 19.4 Å². The van der Waals surface area contributed by atoms with E-state index in [1.54, 1.807) is 31.2 Å². The van der Waals surface area contributed by atoms with Gasteiger partial charge in [-0.2, -0.15) is 5.26 Å². The molecule has 1 atom stereocenters. The van der Waals surface area contributed by atoms with Gasteiger partial charge in [-0.1, -0.05) is 102 Å². The number of rotatable bonds is 8. The number of halogens is 1. The number of amides is 1. The first kappa shape index (κ1) is 28.0. The molecule has 0 aliphatic carbocycles. The number of nitrogens with zero attached hydrogens (tertiary/aromatic N) is 1. The van der Waals surface area contributed by atoms with E-state index in [4.69, 9.17) is 16.3 Å². The summed E-state index contributed by atoms with van der Waals surface area (Å²) in [5, 5.41) is 19.5. The van der Waals surface area contributed by atoms with Crippen molar-refractivity contribution in [1.82, 2.24) is 5.32 Å². The molecular weight excluding hydrogens is 554 g/mol. The van der Waals surface area contributed by atoms with E-state index in [-0.39, 0.29) is 18.3 Å². The van der Waals surface area contributed by atoms with Crippen LogP contribution in [-0.2, 0) is 20.9 Å². The number of carbonyl (C=O) groups is 2. The lowest BCUT2D eigenvalue weighted by molar-refractivity contribution is -0.140. The second-order valence-corrected chi connectivity index (χ2v) is 10.9. The highest BCUT2D eigenvalue weighted by molar-refractivity contribution is 8.03. The summed E-state index contributed by atoms with van der Waals surface area (Å²) in [5.41, 5.74) is 3.52. The lowest BCUT2D eigenvalue weighted by Gasteiger charge is -2.29. The van der Waals surface area contributed by atoms with Crippen molar-refractivity contribution in [3.63, 3.8) is 0 Å². The molecule has 0 spiro atoms. The Morgan fingerprint density at radius 3 is 2.44 bits per heavy atom. The summed E-state index contributed by atoms with van der Waals surface area (Å²) >= 11 is 7.35. The normalized spacial score (nSPS) is 14.8. The highest BCUT2D eigenvalue weighted by Crippen LogP contribution is 2.41. The third kappa shape index (κ3) is 6.46. The number of fused-ring (bicyclic) bond motifs is 1. The number of hydrogen-bond donors (Lipinski definition) is 2. The van der Waals surface area contributed by atoms with Crippen LogP contribution in [0.3, 0.4) is 0 Å². The fourth-order valence-corrected chi connectivity index (χ4v) is 5.76. The highest BCUT2D eigenvalue weighted by atomic mass is 35.5. The summed E-state index contributed by atoms with van der Waals surface area (Å²) in [7, 11) is 0. The average Bonchev–Trinajstić information content (AvgIpc) is 2.99. The van der Waals surface area contributed by atoms with E-state index in [9.17, 15) is 14.9 Å². The Bertz CT molecular complexity index is 1700. The van der Waals surface area contributed by atoms with E-state index in [2.05, 4.69) is 16.7 Å². The van der Waals surface area contributed by atoms with Crippen LogP contribution in [0.25, 0.3) is 10.8 Å². The van der Waals surface area contributed by atoms with Crippen LogP contribution in [0.5, 0.6) is 0 Å². The molecular formula is C33H26ClN3O3S. The quantitative estimate of drug-likeness (QED) is 0.213. The Morgan fingerprint density at radius 2 is 1.68 bits per heavy atom. The summed E-state index contributed by atoms with van der Waals surface area (Å²) in [6, 6.07) is 32.3. The van der Waals surface area contributed by atoms with Gasteiger partial charge in [-0.3, -0.25) is 4.79 Å². The zero-order valence-corrected chi connectivity index (χ0v) is 23.8. The largest absolute Gasteiger partial charge is 0.457 e. The number of nitriles is 1. The predicted molar refractivity (Wildman–Crippen MR) is 164 cm³/mol. The molecule has 41 heavy (non-hydrogen) atoms. The Morgan fingerprint density at radius 1 is 0.976 bits per heavy atom. The lowest BCUT2D eigenvalue weighted by atomic mass is 9.82. The molecule has 1 amide bonds. The van der Waals surface area contributed by atoms with Crippen molar-refractivity contribution in [2.24, 2.45) is 0 Å². The van der Waals surface area contributed by atoms with Crippen LogP contribution < -0.4 is 10.6 Å². The molecule has 4 aromatic carbocycles. The minimum atomic E-state index is -0.689. The molecule has 0 saturated carbocycles. The molecule has 0 aromatic heterocycles. The van der Waals surface area contributed by atoms with E-state index in [1.165, 1.54) is 11.8 Å². The first-order valence-electron chi connectivity index (χ1n) is 12.9. The van der Waals surface area contributed by atoms with Crippen LogP contribution in [0, 0.1) is 11.3 Å². The van der Waals surface area contributed by atoms with E-state index in [0.717, 1.165) is 27.6 Å². The SMILES string of the molecule is CC1=C(C(=O)OCc2ccccc2)[C@H](c2ccc(Cl)cc2)C(C#N)=C(SCC(=O)Nc2cccc3ccccc23)N1. The summed E-state index contributed by atoms with van der Waals surface area (Å²) < 4.78 is 5.68. The second kappa shape index (κ2) is 12.8. The first-order chi connectivity index (χ1) is 19.9. The van der Waals surface area contributed by atoms with Gasteiger partial charge < -0.3 is 15.4 Å². The number of benzene rings is 4. The molecule has 0 fully saturated rings. The van der Waals surface area contributed by atoms with Crippen LogP contribution in [-0.4, -0.2) is 17.6 Å². The fourth-order valence-electron chi connectivity index (χ4n) is 4.74. The van der Waals surface area contributed by atoms with Crippen molar-refractivity contribution in [3.05, 3.63) is 135 Å². The monoisotopic (exact) mass is 579 g/mol. The zero-order chi connectivity index (χ0) is 28.8. The number of esters is 1. The Balaban J connectivity index is 1.39. The van der Waals surface area contributed by atoms with Gasteiger partial charge in [0.05, 0.1) is 33.9 Å². The fraction of sp³-hybridized carbons (Fsp3) is 0.121. The van der Waals surface area contributed by atoms with Gasteiger partial charge in [-0.25, -0.2) is 4.79 Å². The Kier molecular flexibility index (Phi) is 8.73. The van der Waals surface area contributed by atoms with E-state index in [0.29, 0.717) is 26.9 Å². The van der Waals surface area contributed by atoms with E-state index >= 15 is 0 Å². The summed E-state index contributed by atoms with van der Waals surface area (Å²) in [6.45, 7) is 1.87. The maximum Gasteiger partial charge on any atom is 0.337 e. The van der Waals surface area contributed by atoms with Crippen LogP contribution in [0.4, 0.5) is 5.69 Å². The highest BCUT2D eigenvalue weighted by Gasteiger charge is 2.35. The average molecular weight is 580 g/mol. The van der Waals surface area contributed by atoms with Gasteiger partial charge in [0.1, 0.15) is 6.61 Å². The van der Waals surface area contributed by atoms with Crippen LogP contribution in [0.2, 0.25) is 5.02 Å². The standard InChI is InChI=1S/C33H26ClN3O3S/c1-21-30(33(39)40-19-22-8-3-2-4-9-22)31(24-14-16-25(34)17-15-24)27(18-35)32(36-21)41-20-29(38)37-28-13-7-11-23-10-5-6-12-26(23)28/h2-17,31,36H,19-20H2,1H3,(H,37,38)/t31-/m1/s1. The second-order valence-electron chi connectivity index (χ2n) is 9.43. The minimum absolute atomic E-state index is 0.0607. The summed E-state index contributed by atoms with van der Waals surface area (Å²) in [4.78, 5) is 26.4. The number of thioether (sulfide) groups is 1. The van der Waals surface area contributed by atoms with Gasteiger partial charge in [-0.05, 0) is 41.6 Å². The third-order valence-electron chi connectivity index (χ3n) is 6.69. The predicted octanol–water partition coefficient (Wildman–Crippen LogP) is 7.30. The molecule has 0 bridgehead atoms. The molecule has 0 saturated heterocycles. The molecule has 5 rings (SSSR count). The number of carbonyl (C=O) groups excluding carboxylic acids is 2. The van der Waals surface area contributed by atoms with Crippen LogP contribution in [0.15, 0.2) is 119 Å². The molecule has 1 heterocycles. The molecule has 0 radical (unpaired) electrons. The zero-order valence-electron chi connectivity index (χ0n) is 22.2. The molecule has 0 unspecified atom stereocenters. The van der Waals surface area contributed by atoms with Crippen molar-refractivity contribution in [2.75, 3.05) is 11.1 Å². The number of dihydropyridines is 1. The van der Waals surface area contributed by atoms with Crippen molar-refractivity contribution < 1.29 is 14.3 Å². The van der Waals surface area contributed by atoms with Gasteiger partial charge in [0.2, 0.25) is 5.91 Å². The number of hydrogen-bond acceptors (Lipinski definition) is 6. The molecule has 2 N–H and O–H groups in total. The molecule has 204 valence electrons. The third-order valence-corrected chi connectivity index (χ3v) is 7.96. The number of anilines is 1. The summed E-state index contributed by atoms with van der Waals surface area (Å²) in [6.07, 6.45) is 0. The molecule has 4 aromatic rings. The number of allylic oxidation sites excluding steroid dienone is 2. The maximum atomic E-state index is 13.4. The lowest BCUT2D eigenvalue weighted by Crippen LogP contribution is -2.29.